The van der Waals surface area contributed by atoms with E-state index < -0.39 is 28.5 Å². The molecule has 2 N–H and O–H groups in total. The molecule has 0 aromatic rings. The van der Waals surface area contributed by atoms with Crippen molar-refractivity contribution in [3.8, 4) is 0 Å². The number of carboxylic acid groups (broad SMARTS) is 1. The SMILES string of the molecule is O=C(O)CN1C(=O)C(=CC=C2SCCN2CCCS(=O)(=O)O)SC1=S. The summed E-state index contributed by atoms with van der Waals surface area (Å²) in [5.41, 5.74) is 0. The summed E-state index contributed by atoms with van der Waals surface area (Å²) >= 11 is 7.65. The molecule has 12 heteroatoms. The maximum absolute atomic E-state index is 12.2. The highest BCUT2D eigenvalue weighted by Gasteiger charge is 2.33. The molecule has 2 fully saturated rings. The largest absolute Gasteiger partial charge is 0.480 e. The van der Waals surface area contributed by atoms with E-state index in [1.165, 1.54) is 0 Å². The van der Waals surface area contributed by atoms with Gasteiger partial charge in [0.2, 0.25) is 0 Å². The molecule has 2 heterocycles. The van der Waals surface area contributed by atoms with Crippen molar-refractivity contribution >= 4 is 62.1 Å². The van der Waals surface area contributed by atoms with E-state index in [0.29, 0.717) is 17.9 Å². The van der Waals surface area contributed by atoms with E-state index in [-0.39, 0.29) is 10.1 Å². The second-order valence-corrected chi connectivity index (χ2v) is 9.53. The third kappa shape index (κ3) is 5.99. The number of carbonyl (C=O) groups is 2. The summed E-state index contributed by atoms with van der Waals surface area (Å²) in [6.07, 6.45) is 3.65. The predicted molar refractivity (Wildman–Crippen MR) is 101 cm³/mol. The van der Waals surface area contributed by atoms with Crippen LogP contribution >= 0.6 is 35.7 Å². The molecular formula is C13H16N2O6S4. The van der Waals surface area contributed by atoms with Crippen LogP contribution in [0.25, 0.3) is 0 Å². The molecule has 0 unspecified atom stereocenters. The minimum absolute atomic E-state index is 0.209. The summed E-state index contributed by atoms with van der Waals surface area (Å²) < 4.78 is 30.5. The number of nitrogens with zero attached hydrogens (tertiary/aromatic N) is 2. The van der Waals surface area contributed by atoms with Crippen molar-refractivity contribution in [2.45, 2.75) is 6.42 Å². The lowest BCUT2D eigenvalue weighted by Gasteiger charge is -2.18. The summed E-state index contributed by atoms with van der Waals surface area (Å²) in [7, 11) is -3.97. The molecule has 0 bridgehead atoms. The van der Waals surface area contributed by atoms with Crippen LogP contribution in [0.2, 0.25) is 0 Å². The Morgan fingerprint density at radius 2 is 2.08 bits per heavy atom. The van der Waals surface area contributed by atoms with Crippen molar-refractivity contribution in [2.75, 3.05) is 31.1 Å². The Kier molecular flexibility index (Phi) is 6.91. The Morgan fingerprint density at radius 3 is 2.72 bits per heavy atom. The topological polar surface area (TPSA) is 115 Å². The molecule has 2 saturated heterocycles. The van der Waals surface area contributed by atoms with Gasteiger partial charge in [-0.15, -0.1) is 11.8 Å². The van der Waals surface area contributed by atoms with Gasteiger partial charge in [0, 0.05) is 18.8 Å². The number of thiocarbonyl (C=S) groups is 1. The lowest BCUT2D eigenvalue weighted by Crippen LogP contribution is -2.33. The zero-order valence-electron chi connectivity index (χ0n) is 13.0. The lowest BCUT2D eigenvalue weighted by molar-refractivity contribution is -0.140. The molecule has 2 aliphatic heterocycles. The highest BCUT2D eigenvalue weighted by molar-refractivity contribution is 8.26. The van der Waals surface area contributed by atoms with Crippen LogP contribution in [0.4, 0.5) is 0 Å². The zero-order valence-corrected chi connectivity index (χ0v) is 16.2. The molecule has 0 aromatic carbocycles. The fraction of sp³-hybridized carbons (Fsp3) is 0.462. The van der Waals surface area contributed by atoms with Crippen molar-refractivity contribution in [3.05, 3.63) is 22.1 Å². The summed E-state index contributed by atoms with van der Waals surface area (Å²) in [4.78, 5) is 26.3. The van der Waals surface area contributed by atoms with Gasteiger partial charge in [-0.3, -0.25) is 19.0 Å². The first-order valence-corrected chi connectivity index (χ1v) is 11.0. The lowest BCUT2D eigenvalue weighted by atomic mass is 10.4. The molecule has 2 aliphatic rings. The smallest absolute Gasteiger partial charge is 0.323 e. The van der Waals surface area contributed by atoms with Crippen LogP contribution in [0.15, 0.2) is 22.1 Å². The number of rotatable bonds is 7. The van der Waals surface area contributed by atoms with Gasteiger partial charge in [-0.2, -0.15) is 8.42 Å². The third-order valence-corrected chi connectivity index (χ3v) is 6.57. The minimum Gasteiger partial charge on any atom is -0.480 e. The number of allylic oxidation sites excluding steroid dienone is 2. The number of amides is 1. The molecule has 0 aliphatic carbocycles. The van der Waals surface area contributed by atoms with Crippen LogP contribution < -0.4 is 0 Å². The highest BCUT2D eigenvalue weighted by Crippen LogP contribution is 2.33. The summed E-state index contributed by atoms with van der Waals surface area (Å²) in [5.74, 6) is -1.02. The standard InChI is InChI=1S/C13H16N2O6S4/c16-11(17)8-15-12(18)9(24-13(15)22)2-3-10-14(5-6-23-10)4-1-7-25(19,20)21/h2-3H,1,4-8H2,(H,16,17)(H,19,20,21). The van der Waals surface area contributed by atoms with Crippen LogP contribution in [0.3, 0.4) is 0 Å². The van der Waals surface area contributed by atoms with Gasteiger partial charge in [0.05, 0.1) is 15.7 Å². The molecule has 0 atom stereocenters. The van der Waals surface area contributed by atoms with Gasteiger partial charge in [0.15, 0.2) is 0 Å². The monoisotopic (exact) mass is 424 g/mol. The van der Waals surface area contributed by atoms with Crippen LogP contribution in [0.1, 0.15) is 6.42 Å². The number of carboxylic acids is 1. The van der Waals surface area contributed by atoms with Gasteiger partial charge in [-0.1, -0.05) is 24.0 Å². The first kappa shape index (κ1) is 20.2. The molecule has 0 saturated carbocycles. The number of aliphatic carboxylic acids is 1. The van der Waals surface area contributed by atoms with Crippen LogP contribution in [-0.4, -0.2) is 75.2 Å². The second kappa shape index (κ2) is 8.54. The fourth-order valence-corrected chi connectivity index (χ4v) is 4.95. The maximum Gasteiger partial charge on any atom is 0.323 e. The van der Waals surface area contributed by atoms with Crippen molar-refractivity contribution < 1.29 is 27.7 Å². The average molecular weight is 425 g/mol. The van der Waals surface area contributed by atoms with E-state index >= 15 is 0 Å². The molecule has 2 rings (SSSR count). The number of hydrogen-bond donors (Lipinski definition) is 2. The quantitative estimate of drug-likeness (QED) is 0.348. The molecule has 138 valence electrons. The zero-order chi connectivity index (χ0) is 18.6. The average Bonchev–Trinajstić information content (AvgIpc) is 3.03. The molecule has 25 heavy (non-hydrogen) atoms. The van der Waals surface area contributed by atoms with E-state index in [1.54, 1.807) is 23.9 Å². The molecular weight excluding hydrogens is 408 g/mol. The van der Waals surface area contributed by atoms with Crippen LogP contribution in [-0.2, 0) is 19.7 Å². The van der Waals surface area contributed by atoms with Gasteiger partial charge >= 0.3 is 5.97 Å². The fourth-order valence-electron chi connectivity index (χ4n) is 2.21. The Morgan fingerprint density at radius 1 is 1.36 bits per heavy atom. The molecule has 0 aromatic heterocycles. The van der Waals surface area contributed by atoms with Gasteiger partial charge in [-0.25, -0.2) is 0 Å². The van der Waals surface area contributed by atoms with Crippen molar-refractivity contribution in [1.29, 1.82) is 0 Å². The van der Waals surface area contributed by atoms with E-state index in [1.807, 2.05) is 4.90 Å². The number of hydrogen-bond acceptors (Lipinski definition) is 8. The Balaban J connectivity index is 2.01. The molecule has 0 spiro atoms. The maximum atomic E-state index is 12.2. The Hall–Kier alpha value is -1.08. The number of thioether (sulfide) groups is 2. The van der Waals surface area contributed by atoms with Gasteiger partial charge < -0.3 is 10.0 Å². The summed E-state index contributed by atoms with van der Waals surface area (Å²) in [5, 5.41) is 9.70. The van der Waals surface area contributed by atoms with Gasteiger partial charge in [0.1, 0.15) is 10.9 Å². The first-order valence-electron chi connectivity index (χ1n) is 7.18. The van der Waals surface area contributed by atoms with Crippen LogP contribution in [0, 0.1) is 0 Å². The Bertz CT molecular complexity index is 746. The second-order valence-electron chi connectivity index (χ2n) is 5.16. The van der Waals surface area contributed by atoms with Gasteiger partial charge in [-0.05, 0) is 18.6 Å². The van der Waals surface area contributed by atoms with E-state index in [0.717, 1.165) is 34.0 Å². The minimum atomic E-state index is -3.97. The van der Waals surface area contributed by atoms with E-state index in [2.05, 4.69) is 0 Å². The predicted octanol–water partition coefficient (Wildman–Crippen LogP) is 0.983. The summed E-state index contributed by atoms with van der Waals surface area (Å²) in [6, 6.07) is 0. The highest BCUT2D eigenvalue weighted by atomic mass is 32.2. The molecule has 0 radical (unpaired) electrons. The Labute approximate surface area is 159 Å². The van der Waals surface area contributed by atoms with E-state index in [9.17, 15) is 18.0 Å². The molecule has 8 nitrogen and oxygen atoms in total. The van der Waals surface area contributed by atoms with Gasteiger partial charge in [0.25, 0.3) is 16.0 Å². The normalized spacial score (nSPS) is 21.8. The third-order valence-electron chi connectivity index (χ3n) is 3.30. The molecule has 1 amide bonds. The van der Waals surface area contributed by atoms with E-state index in [4.69, 9.17) is 21.9 Å². The van der Waals surface area contributed by atoms with Crippen molar-refractivity contribution in [3.63, 3.8) is 0 Å². The first-order chi connectivity index (χ1) is 11.7. The summed E-state index contributed by atoms with van der Waals surface area (Å²) in [6.45, 7) is 0.761. The number of carbonyl (C=O) groups excluding carboxylic acids is 1. The van der Waals surface area contributed by atoms with Crippen molar-refractivity contribution in [2.24, 2.45) is 0 Å². The van der Waals surface area contributed by atoms with Crippen LogP contribution in [0.5, 0.6) is 0 Å². The van der Waals surface area contributed by atoms with Crippen molar-refractivity contribution in [1.82, 2.24) is 9.80 Å².